The molecule has 1 aromatic heterocycles. The second-order valence-electron chi connectivity index (χ2n) is 6.87. The van der Waals surface area contributed by atoms with Crippen molar-refractivity contribution in [1.82, 2.24) is 10.3 Å². The van der Waals surface area contributed by atoms with Crippen LogP contribution < -0.4 is 5.32 Å². The van der Waals surface area contributed by atoms with E-state index in [1.165, 1.54) is 30.0 Å². The lowest BCUT2D eigenvalue weighted by atomic mass is 9.84. The van der Waals surface area contributed by atoms with E-state index >= 15 is 0 Å². The largest absolute Gasteiger partial charge is 0.381 e. The molecule has 3 aliphatic rings. The Bertz CT molecular complexity index is 484. The van der Waals surface area contributed by atoms with Crippen molar-refractivity contribution in [3.05, 3.63) is 15.6 Å². The Morgan fingerprint density at radius 2 is 2.14 bits per heavy atom. The molecule has 0 unspecified atom stereocenters. The van der Waals surface area contributed by atoms with Gasteiger partial charge in [0.05, 0.1) is 16.3 Å². The summed E-state index contributed by atoms with van der Waals surface area (Å²) in [6.07, 6.45) is 9.23. The Kier molecular flexibility index (Phi) is 4.49. The molecule has 3 heterocycles. The molecule has 122 valence electrons. The Morgan fingerprint density at radius 1 is 1.23 bits per heavy atom. The van der Waals surface area contributed by atoms with Crippen LogP contribution >= 0.6 is 11.3 Å². The van der Waals surface area contributed by atoms with E-state index in [1.807, 2.05) is 11.3 Å². The molecule has 4 rings (SSSR count). The summed E-state index contributed by atoms with van der Waals surface area (Å²) in [7, 11) is 0. The van der Waals surface area contributed by atoms with Crippen molar-refractivity contribution in [1.29, 1.82) is 0 Å². The van der Waals surface area contributed by atoms with E-state index in [4.69, 9.17) is 14.5 Å². The summed E-state index contributed by atoms with van der Waals surface area (Å²) in [6.45, 7) is 3.65. The van der Waals surface area contributed by atoms with E-state index < -0.39 is 0 Å². The molecule has 2 fully saturated rings. The summed E-state index contributed by atoms with van der Waals surface area (Å²) in [4.78, 5) is 6.34. The van der Waals surface area contributed by atoms with Crippen molar-refractivity contribution in [2.24, 2.45) is 0 Å². The summed E-state index contributed by atoms with van der Waals surface area (Å²) < 4.78 is 11.6. The van der Waals surface area contributed by atoms with Gasteiger partial charge >= 0.3 is 0 Å². The highest BCUT2D eigenvalue weighted by Gasteiger charge is 2.38. The number of nitrogens with one attached hydrogen (secondary N) is 1. The Morgan fingerprint density at radius 3 is 3.00 bits per heavy atom. The van der Waals surface area contributed by atoms with Crippen LogP contribution in [0, 0.1) is 0 Å². The minimum atomic E-state index is 0.0938. The lowest BCUT2D eigenvalue weighted by molar-refractivity contribution is -0.140. The molecule has 5 heteroatoms. The molecular weight excluding hydrogens is 296 g/mol. The molecule has 0 amide bonds. The number of nitrogens with zero attached hydrogens (tertiary/aromatic N) is 1. The number of fused-ring (bicyclic) bond motifs is 1. The second kappa shape index (κ2) is 6.56. The van der Waals surface area contributed by atoms with Gasteiger partial charge in [-0.25, -0.2) is 4.98 Å². The maximum Gasteiger partial charge on any atom is 0.0943 e. The van der Waals surface area contributed by atoms with Crippen molar-refractivity contribution in [3.63, 3.8) is 0 Å². The number of thiazole rings is 1. The number of ether oxygens (including phenoxy) is 2. The van der Waals surface area contributed by atoms with Gasteiger partial charge in [0.1, 0.15) is 0 Å². The molecule has 4 nitrogen and oxygen atoms in total. The van der Waals surface area contributed by atoms with E-state index in [0.29, 0.717) is 6.04 Å². The van der Waals surface area contributed by atoms with Crippen LogP contribution in [-0.4, -0.2) is 43.0 Å². The van der Waals surface area contributed by atoms with Crippen LogP contribution in [0.4, 0.5) is 0 Å². The Hall–Kier alpha value is -0.490. The molecule has 2 aliphatic heterocycles. The van der Waals surface area contributed by atoms with Gasteiger partial charge in [-0.05, 0) is 44.9 Å². The van der Waals surface area contributed by atoms with Gasteiger partial charge in [0, 0.05) is 43.7 Å². The Labute approximate surface area is 136 Å². The molecule has 22 heavy (non-hydrogen) atoms. The first kappa shape index (κ1) is 15.1. The van der Waals surface area contributed by atoms with Crippen LogP contribution in [0.25, 0.3) is 0 Å². The van der Waals surface area contributed by atoms with E-state index in [1.54, 1.807) is 4.88 Å². The molecule has 0 saturated carbocycles. The molecular formula is C17H26N2O2S. The van der Waals surface area contributed by atoms with Gasteiger partial charge in [-0.2, -0.15) is 0 Å². The normalized spacial score (nSPS) is 27.2. The molecule has 1 atom stereocenters. The van der Waals surface area contributed by atoms with Gasteiger partial charge < -0.3 is 14.8 Å². The fourth-order valence-electron chi connectivity index (χ4n) is 4.03. The summed E-state index contributed by atoms with van der Waals surface area (Å²) in [5.41, 5.74) is 1.48. The van der Waals surface area contributed by atoms with Crippen molar-refractivity contribution in [3.8, 4) is 0 Å². The van der Waals surface area contributed by atoms with Crippen molar-refractivity contribution in [2.45, 2.75) is 63.0 Å². The fraction of sp³-hybridized carbons (Fsp3) is 0.824. The number of hydrogen-bond donors (Lipinski definition) is 1. The number of aryl methyl sites for hydroxylation is 2. The van der Waals surface area contributed by atoms with Gasteiger partial charge in [-0.1, -0.05) is 0 Å². The summed E-state index contributed by atoms with van der Waals surface area (Å²) in [5, 5.41) is 5.08. The predicted molar refractivity (Wildman–Crippen MR) is 87.6 cm³/mol. The van der Waals surface area contributed by atoms with E-state index in [2.05, 4.69) is 5.32 Å². The van der Waals surface area contributed by atoms with Crippen molar-refractivity contribution in [2.75, 3.05) is 26.4 Å². The minimum Gasteiger partial charge on any atom is -0.381 e. The molecule has 1 N–H and O–H groups in total. The first-order valence-corrected chi connectivity index (χ1v) is 9.57. The van der Waals surface area contributed by atoms with Crippen molar-refractivity contribution < 1.29 is 9.47 Å². The van der Waals surface area contributed by atoms with E-state index in [9.17, 15) is 0 Å². The van der Waals surface area contributed by atoms with E-state index in [0.717, 1.165) is 58.5 Å². The smallest absolute Gasteiger partial charge is 0.0943 e. The number of hydrogen-bond acceptors (Lipinski definition) is 5. The number of aromatic nitrogens is 1. The highest BCUT2D eigenvalue weighted by atomic mass is 32.1. The van der Waals surface area contributed by atoms with Gasteiger partial charge in [0.25, 0.3) is 0 Å². The lowest BCUT2D eigenvalue weighted by Crippen LogP contribution is -2.50. The second-order valence-corrected chi connectivity index (χ2v) is 8.04. The Balaban J connectivity index is 1.26. The monoisotopic (exact) mass is 322 g/mol. The van der Waals surface area contributed by atoms with Crippen LogP contribution in [0.5, 0.6) is 0 Å². The average molecular weight is 322 g/mol. The lowest BCUT2D eigenvalue weighted by Gasteiger charge is -2.43. The number of rotatable bonds is 4. The third-order valence-corrected chi connectivity index (χ3v) is 6.53. The van der Waals surface area contributed by atoms with Crippen LogP contribution in [0.15, 0.2) is 0 Å². The third kappa shape index (κ3) is 3.23. The maximum atomic E-state index is 6.11. The summed E-state index contributed by atoms with van der Waals surface area (Å²) in [5.74, 6) is 0. The fourth-order valence-corrected chi connectivity index (χ4v) is 5.18. The van der Waals surface area contributed by atoms with Crippen LogP contribution in [-0.2, 0) is 28.7 Å². The first-order valence-electron chi connectivity index (χ1n) is 8.76. The molecule has 0 aromatic carbocycles. The van der Waals surface area contributed by atoms with Crippen molar-refractivity contribution >= 4 is 11.3 Å². The van der Waals surface area contributed by atoms with Crippen LogP contribution in [0.2, 0.25) is 0 Å². The van der Waals surface area contributed by atoms with E-state index in [-0.39, 0.29) is 5.60 Å². The zero-order valence-corrected chi connectivity index (χ0v) is 14.1. The topological polar surface area (TPSA) is 43.4 Å². The van der Waals surface area contributed by atoms with Crippen LogP contribution in [0.1, 0.15) is 47.7 Å². The molecule has 0 bridgehead atoms. The summed E-state index contributed by atoms with van der Waals surface area (Å²) >= 11 is 1.94. The third-order valence-electron chi connectivity index (χ3n) is 5.31. The average Bonchev–Trinajstić information content (AvgIpc) is 3.09. The van der Waals surface area contributed by atoms with Gasteiger partial charge in [0.2, 0.25) is 0 Å². The zero-order chi connectivity index (χ0) is 14.8. The van der Waals surface area contributed by atoms with Gasteiger partial charge in [0.15, 0.2) is 0 Å². The summed E-state index contributed by atoms with van der Waals surface area (Å²) in [6, 6.07) is 0.596. The first-order chi connectivity index (χ1) is 10.8. The quantitative estimate of drug-likeness (QED) is 0.925. The van der Waals surface area contributed by atoms with Gasteiger partial charge in [-0.3, -0.25) is 0 Å². The molecule has 1 aromatic rings. The van der Waals surface area contributed by atoms with Crippen LogP contribution in [0.3, 0.4) is 0 Å². The molecule has 2 saturated heterocycles. The van der Waals surface area contributed by atoms with Gasteiger partial charge in [-0.15, -0.1) is 11.3 Å². The maximum absolute atomic E-state index is 6.11. The molecule has 1 aliphatic carbocycles. The zero-order valence-electron chi connectivity index (χ0n) is 13.2. The highest BCUT2D eigenvalue weighted by molar-refractivity contribution is 7.11. The highest BCUT2D eigenvalue weighted by Crippen LogP contribution is 2.34. The molecule has 1 spiro atoms. The predicted octanol–water partition coefficient (Wildman–Crippen LogP) is 2.49. The SMILES string of the molecule is C1Cc2nc(CCN[C@@H]3CCOC4(CCOCC4)C3)sc2C1. The standard InChI is InChI=1S/C17H26N2O2S/c1-2-14-15(3-1)22-16(19-14)4-8-18-13-5-9-21-17(12-13)6-10-20-11-7-17/h13,18H,1-12H2/t13-/m1/s1. The molecule has 0 radical (unpaired) electrons. The minimum absolute atomic E-state index is 0.0938.